The van der Waals surface area contributed by atoms with Gasteiger partial charge in [0.05, 0.1) is 6.04 Å². The monoisotopic (exact) mass is 370 g/mol. The second-order valence-corrected chi connectivity index (χ2v) is 8.10. The molecule has 1 aliphatic heterocycles. The second-order valence-electron chi connectivity index (χ2n) is 8.10. The fourth-order valence-corrected chi connectivity index (χ4v) is 2.95. The van der Waals surface area contributed by atoms with Crippen LogP contribution in [0.1, 0.15) is 60.8 Å². The zero-order valence-electron chi connectivity index (χ0n) is 17.4. The maximum Gasteiger partial charge on any atom is 0.410 e. The van der Waals surface area contributed by atoms with Crippen LogP contribution in [0, 0.1) is 5.41 Å². The van der Waals surface area contributed by atoms with Gasteiger partial charge in [-0.2, -0.15) is 0 Å². The summed E-state index contributed by atoms with van der Waals surface area (Å²) in [6.07, 6.45) is 2.47. The summed E-state index contributed by atoms with van der Waals surface area (Å²) < 4.78 is 5.38. The first-order valence-electron chi connectivity index (χ1n) is 9.82. The van der Waals surface area contributed by atoms with E-state index in [0.717, 1.165) is 31.8 Å². The summed E-state index contributed by atoms with van der Waals surface area (Å²) >= 11 is 0. The first kappa shape index (κ1) is 22.5. The van der Waals surface area contributed by atoms with E-state index in [2.05, 4.69) is 24.5 Å². The molecule has 0 aromatic carbocycles. The summed E-state index contributed by atoms with van der Waals surface area (Å²) in [6.45, 7) is 14.8. The Kier molecular flexibility index (Phi) is 8.67. The van der Waals surface area contributed by atoms with E-state index in [1.807, 2.05) is 27.7 Å². The number of nitrogens with one attached hydrogen (secondary N) is 2. The maximum atomic E-state index is 12.0. The summed E-state index contributed by atoms with van der Waals surface area (Å²) in [5, 5.41) is 16.0. The molecule has 7 heteroatoms. The van der Waals surface area contributed by atoms with E-state index in [1.165, 1.54) is 0 Å². The van der Waals surface area contributed by atoms with Gasteiger partial charge in [-0.15, -0.1) is 0 Å². The third-order valence-corrected chi connectivity index (χ3v) is 4.93. The molecule has 1 fully saturated rings. The molecule has 26 heavy (non-hydrogen) atoms. The minimum atomic E-state index is -0.470. The Bertz CT molecular complexity index is 464. The quantitative estimate of drug-likeness (QED) is 0.451. The first-order valence-corrected chi connectivity index (χ1v) is 9.82. The first-order chi connectivity index (χ1) is 12.2. The highest BCUT2D eigenvalue weighted by molar-refractivity contribution is 5.80. The summed E-state index contributed by atoms with van der Waals surface area (Å²) in [5.74, 6) is 0.769. The van der Waals surface area contributed by atoms with Gasteiger partial charge in [0.15, 0.2) is 5.96 Å². The molecule has 1 aliphatic rings. The van der Waals surface area contributed by atoms with Crippen molar-refractivity contribution in [3.05, 3.63) is 0 Å². The molecule has 0 aliphatic carbocycles. The van der Waals surface area contributed by atoms with E-state index < -0.39 is 5.60 Å². The topological polar surface area (TPSA) is 86.2 Å². The van der Waals surface area contributed by atoms with Gasteiger partial charge in [-0.3, -0.25) is 4.99 Å². The number of hydrogen-bond donors (Lipinski definition) is 3. The molecule has 1 amide bonds. The van der Waals surface area contributed by atoms with Gasteiger partial charge in [0.2, 0.25) is 0 Å². The number of aliphatic hydroxyl groups is 1. The third-order valence-electron chi connectivity index (χ3n) is 4.93. The van der Waals surface area contributed by atoms with E-state index in [0.29, 0.717) is 19.6 Å². The van der Waals surface area contributed by atoms with Crippen LogP contribution >= 0.6 is 0 Å². The van der Waals surface area contributed by atoms with Crippen LogP contribution in [0.3, 0.4) is 0 Å². The zero-order valence-corrected chi connectivity index (χ0v) is 17.4. The van der Waals surface area contributed by atoms with Crippen molar-refractivity contribution in [1.82, 2.24) is 15.5 Å². The van der Waals surface area contributed by atoms with Crippen molar-refractivity contribution in [3.8, 4) is 0 Å². The molecule has 3 N–H and O–H groups in total. The number of nitrogens with zero attached hydrogens (tertiary/aromatic N) is 2. The van der Waals surface area contributed by atoms with E-state index in [-0.39, 0.29) is 24.2 Å². The lowest BCUT2D eigenvalue weighted by Crippen LogP contribution is -2.63. The van der Waals surface area contributed by atoms with Crippen LogP contribution in [0.2, 0.25) is 0 Å². The molecular formula is C19H38N4O3. The van der Waals surface area contributed by atoms with E-state index >= 15 is 0 Å². The Labute approximate surface area is 158 Å². The highest BCUT2D eigenvalue weighted by Gasteiger charge is 2.34. The Morgan fingerprint density at radius 3 is 2.31 bits per heavy atom. The van der Waals surface area contributed by atoms with Crippen molar-refractivity contribution in [1.29, 1.82) is 0 Å². The Balaban J connectivity index is 2.58. The van der Waals surface area contributed by atoms with Crippen LogP contribution in [0.25, 0.3) is 0 Å². The summed E-state index contributed by atoms with van der Waals surface area (Å²) in [6, 6.07) is 0.177. The van der Waals surface area contributed by atoms with Gasteiger partial charge in [-0.05, 0) is 52.4 Å². The average molecular weight is 371 g/mol. The van der Waals surface area contributed by atoms with Gasteiger partial charge >= 0.3 is 6.09 Å². The number of amides is 1. The molecule has 0 saturated carbocycles. The lowest BCUT2D eigenvalue weighted by Gasteiger charge is -2.40. The average Bonchev–Trinajstić information content (AvgIpc) is 2.52. The number of rotatable bonds is 8. The number of guanidine groups is 1. The van der Waals surface area contributed by atoms with Gasteiger partial charge < -0.3 is 25.4 Å². The normalized spacial score (nSPS) is 16.3. The van der Waals surface area contributed by atoms with Crippen LogP contribution in [-0.4, -0.2) is 66.5 Å². The van der Waals surface area contributed by atoms with Crippen molar-refractivity contribution >= 4 is 12.1 Å². The molecule has 0 atom stereocenters. The third kappa shape index (κ3) is 7.02. The Morgan fingerprint density at radius 1 is 1.23 bits per heavy atom. The molecule has 1 rings (SSSR count). The van der Waals surface area contributed by atoms with Crippen molar-refractivity contribution in [3.63, 3.8) is 0 Å². The number of ether oxygens (including phenoxy) is 1. The molecule has 152 valence electrons. The Morgan fingerprint density at radius 2 is 1.85 bits per heavy atom. The van der Waals surface area contributed by atoms with Gasteiger partial charge in [0.1, 0.15) is 5.60 Å². The molecule has 0 radical (unpaired) electrons. The molecule has 0 aromatic heterocycles. The highest BCUT2D eigenvalue weighted by atomic mass is 16.6. The molecule has 1 saturated heterocycles. The predicted molar refractivity (Wildman–Crippen MR) is 105 cm³/mol. The number of likely N-dealkylation sites (tertiary alicyclic amines) is 1. The zero-order chi connectivity index (χ0) is 19.8. The van der Waals surface area contributed by atoms with Gasteiger partial charge in [0.25, 0.3) is 0 Å². The fraction of sp³-hybridized carbons (Fsp3) is 0.895. The van der Waals surface area contributed by atoms with Gasteiger partial charge in [-0.1, -0.05) is 13.8 Å². The summed E-state index contributed by atoms with van der Waals surface area (Å²) in [7, 11) is 0. The van der Waals surface area contributed by atoms with Crippen LogP contribution in [0.5, 0.6) is 0 Å². The maximum absolute atomic E-state index is 12.0. The molecule has 1 heterocycles. The fourth-order valence-electron chi connectivity index (χ4n) is 2.95. The molecule has 0 unspecified atom stereocenters. The lowest BCUT2D eigenvalue weighted by atomic mass is 9.79. The molecule has 0 bridgehead atoms. The number of hydrogen-bond acceptors (Lipinski definition) is 4. The minimum Gasteiger partial charge on any atom is -0.444 e. The van der Waals surface area contributed by atoms with Gasteiger partial charge in [-0.25, -0.2) is 4.79 Å². The van der Waals surface area contributed by atoms with Crippen molar-refractivity contribution in [2.45, 2.75) is 72.4 Å². The van der Waals surface area contributed by atoms with Gasteiger partial charge in [0, 0.05) is 32.8 Å². The minimum absolute atomic E-state index is 0.0409. The molecule has 0 aromatic rings. The predicted octanol–water partition coefficient (Wildman–Crippen LogP) is 2.35. The molecule has 7 nitrogen and oxygen atoms in total. The second kappa shape index (κ2) is 10.00. The summed E-state index contributed by atoms with van der Waals surface area (Å²) in [4.78, 5) is 18.5. The van der Waals surface area contributed by atoms with E-state index in [4.69, 9.17) is 9.73 Å². The van der Waals surface area contributed by atoms with Crippen molar-refractivity contribution in [2.24, 2.45) is 10.4 Å². The van der Waals surface area contributed by atoms with Crippen LogP contribution in [-0.2, 0) is 4.74 Å². The standard InChI is InChI=1S/C19H38N4O3/c1-7-19(8-2,10-11-24)14-21-16(20-9-3)22-15-12-23(13-15)17(25)26-18(4,5)6/h15,24H,7-14H2,1-6H3,(H2,20,21,22). The lowest BCUT2D eigenvalue weighted by molar-refractivity contribution is 0.00700. The van der Waals surface area contributed by atoms with Crippen molar-refractivity contribution in [2.75, 3.05) is 32.8 Å². The van der Waals surface area contributed by atoms with Crippen molar-refractivity contribution < 1.29 is 14.6 Å². The molecular weight excluding hydrogens is 332 g/mol. The smallest absolute Gasteiger partial charge is 0.410 e. The SMILES string of the molecule is CCNC(=NCC(CC)(CC)CCO)NC1CN(C(=O)OC(C)(C)C)C1. The van der Waals surface area contributed by atoms with Crippen LogP contribution < -0.4 is 10.6 Å². The van der Waals surface area contributed by atoms with Crippen LogP contribution in [0.4, 0.5) is 4.79 Å². The van der Waals surface area contributed by atoms with E-state index in [1.54, 1.807) is 4.90 Å². The number of aliphatic imine (C=N–C) groups is 1. The number of aliphatic hydroxyl groups excluding tert-OH is 1. The largest absolute Gasteiger partial charge is 0.444 e. The Hall–Kier alpha value is -1.50. The number of carbonyl (C=O) groups is 1. The molecule has 0 spiro atoms. The highest BCUT2D eigenvalue weighted by Crippen LogP contribution is 2.30. The number of carbonyl (C=O) groups excluding carboxylic acids is 1. The van der Waals surface area contributed by atoms with E-state index in [9.17, 15) is 9.90 Å². The van der Waals surface area contributed by atoms with Crippen LogP contribution in [0.15, 0.2) is 4.99 Å². The summed E-state index contributed by atoms with van der Waals surface area (Å²) in [5.41, 5.74) is -0.429.